The molecule has 0 bridgehead atoms. The molecular formula is C15H20BrNO4. The summed E-state index contributed by atoms with van der Waals surface area (Å²) in [7, 11) is 0. The average molecular weight is 358 g/mol. The molecule has 0 aliphatic heterocycles. The van der Waals surface area contributed by atoms with Gasteiger partial charge in [-0.1, -0.05) is 32.4 Å². The van der Waals surface area contributed by atoms with Crippen LogP contribution in [0.1, 0.15) is 27.2 Å². The van der Waals surface area contributed by atoms with Gasteiger partial charge in [-0.3, -0.25) is 4.79 Å². The van der Waals surface area contributed by atoms with E-state index >= 15 is 0 Å². The van der Waals surface area contributed by atoms with Gasteiger partial charge in [0.1, 0.15) is 11.8 Å². The molecule has 6 heteroatoms. The number of carbonyl (C=O) groups excluding carboxylic acids is 1. The Morgan fingerprint density at radius 3 is 2.48 bits per heavy atom. The van der Waals surface area contributed by atoms with Gasteiger partial charge in [-0.15, -0.1) is 0 Å². The molecule has 1 amide bonds. The van der Waals surface area contributed by atoms with Gasteiger partial charge >= 0.3 is 5.97 Å². The molecule has 0 spiro atoms. The zero-order valence-electron chi connectivity index (χ0n) is 12.3. The van der Waals surface area contributed by atoms with E-state index in [0.717, 1.165) is 4.47 Å². The zero-order valence-corrected chi connectivity index (χ0v) is 13.9. The number of nitrogens with one attached hydrogen (secondary N) is 1. The first-order valence-corrected chi connectivity index (χ1v) is 7.60. The maximum atomic E-state index is 12.1. The molecule has 1 aromatic carbocycles. The molecule has 0 saturated carbocycles. The summed E-state index contributed by atoms with van der Waals surface area (Å²) in [5.41, 5.74) is 0. The molecule has 0 aliphatic carbocycles. The van der Waals surface area contributed by atoms with Crippen LogP contribution < -0.4 is 10.1 Å². The fourth-order valence-corrected chi connectivity index (χ4v) is 2.12. The molecule has 0 radical (unpaired) electrons. The largest absolute Gasteiger partial charge is 0.480 e. The van der Waals surface area contributed by atoms with E-state index in [9.17, 15) is 14.7 Å². The van der Waals surface area contributed by atoms with Crippen LogP contribution in [0.2, 0.25) is 0 Å². The van der Waals surface area contributed by atoms with Crippen LogP contribution >= 0.6 is 15.9 Å². The number of hydrogen-bond acceptors (Lipinski definition) is 3. The van der Waals surface area contributed by atoms with Crippen LogP contribution in [0.3, 0.4) is 0 Å². The Labute approximate surface area is 132 Å². The molecule has 0 aliphatic rings. The number of rotatable bonds is 7. The molecular weight excluding hydrogens is 338 g/mol. The number of amides is 1. The van der Waals surface area contributed by atoms with E-state index in [0.29, 0.717) is 12.2 Å². The third-order valence-electron chi connectivity index (χ3n) is 3.29. The Morgan fingerprint density at radius 1 is 1.33 bits per heavy atom. The van der Waals surface area contributed by atoms with E-state index in [1.807, 2.05) is 13.0 Å². The van der Waals surface area contributed by atoms with Gasteiger partial charge in [-0.2, -0.15) is 0 Å². The summed E-state index contributed by atoms with van der Waals surface area (Å²) >= 11 is 3.33. The molecule has 2 N–H and O–H groups in total. The summed E-state index contributed by atoms with van der Waals surface area (Å²) in [6.07, 6.45) is -0.119. The molecule has 5 nitrogen and oxygen atoms in total. The molecule has 3 atom stereocenters. The summed E-state index contributed by atoms with van der Waals surface area (Å²) in [5, 5.41) is 11.7. The van der Waals surface area contributed by atoms with E-state index in [2.05, 4.69) is 21.2 Å². The molecule has 0 heterocycles. The summed E-state index contributed by atoms with van der Waals surface area (Å²) in [5.74, 6) is -1.10. The van der Waals surface area contributed by atoms with E-state index < -0.39 is 24.0 Å². The van der Waals surface area contributed by atoms with Gasteiger partial charge in [0, 0.05) is 0 Å². The summed E-state index contributed by atoms with van der Waals surface area (Å²) in [4.78, 5) is 23.3. The van der Waals surface area contributed by atoms with Crippen LogP contribution in [0.25, 0.3) is 0 Å². The second-order valence-corrected chi connectivity index (χ2v) is 5.75. The Kier molecular flexibility index (Phi) is 6.68. The standard InChI is InChI=1S/C15H20BrNO4/c1-4-9(2)13(15(19)20)17-14(18)10(3)21-12-8-6-5-7-11(12)16/h5-10,13H,4H2,1-3H3,(H,17,18)(H,19,20)/t9-,10?,13-/m0/s1. The van der Waals surface area contributed by atoms with E-state index in [-0.39, 0.29) is 5.92 Å². The predicted molar refractivity (Wildman–Crippen MR) is 83.3 cm³/mol. The Morgan fingerprint density at radius 2 is 1.95 bits per heavy atom. The number of carboxylic acid groups (broad SMARTS) is 1. The fourth-order valence-electron chi connectivity index (χ4n) is 1.74. The van der Waals surface area contributed by atoms with Gasteiger partial charge in [0.05, 0.1) is 4.47 Å². The maximum absolute atomic E-state index is 12.1. The number of benzene rings is 1. The normalized spacial score (nSPS) is 14.9. The molecule has 116 valence electrons. The van der Waals surface area contributed by atoms with E-state index in [1.165, 1.54) is 0 Å². The van der Waals surface area contributed by atoms with Crippen LogP contribution in [0, 0.1) is 5.92 Å². The minimum absolute atomic E-state index is 0.151. The average Bonchev–Trinajstić information content (AvgIpc) is 2.45. The van der Waals surface area contributed by atoms with Gasteiger partial charge in [0.25, 0.3) is 5.91 Å². The molecule has 1 rings (SSSR count). The zero-order chi connectivity index (χ0) is 16.0. The van der Waals surface area contributed by atoms with Crippen molar-refractivity contribution < 1.29 is 19.4 Å². The number of para-hydroxylation sites is 1. The monoisotopic (exact) mass is 357 g/mol. The van der Waals surface area contributed by atoms with Gasteiger partial charge < -0.3 is 15.2 Å². The smallest absolute Gasteiger partial charge is 0.326 e. The van der Waals surface area contributed by atoms with Crippen molar-refractivity contribution in [3.05, 3.63) is 28.7 Å². The highest BCUT2D eigenvalue weighted by atomic mass is 79.9. The molecule has 0 aromatic heterocycles. The van der Waals surface area contributed by atoms with Gasteiger partial charge in [0.15, 0.2) is 6.10 Å². The third-order valence-corrected chi connectivity index (χ3v) is 3.94. The van der Waals surface area contributed by atoms with Gasteiger partial charge in [-0.05, 0) is 40.9 Å². The molecule has 1 unspecified atom stereocenters. The number of carboxylic acids is 1. The van der Waals surface area contributed by atoms with Crippen molar-refractivity contribution in [3.63, 3.8) is 0 Å². The van der Waals surface area contributed by atoms with Crippen LogP contribution in [-0.2, 0) is 9.59 Å². The SMILES string of the molecule is CC[C@H](C)[C@H](NC(=O)C(C)Oc1ccccc1Br)C(=O)O. The van der Waals surface area contributed by atoms with Gasteiger partial charge in [-0.25, -0.2) is 4.79 Å². The topological polar surface area (TPSA) is 75.6 Å². The van der Waals surface area contributed by atoms with Crippen LogP contribution in [0.4, 0.5) is 0 Å². The van der Waals surface area contributed by atoms with Crippen molar-refractivity contribution in [2.45, 2.75) is 39.3 Å². The van der Waals surface area contributed by atoms with Crippen molar-refractivity contribution >= 4 is 27.8 Å². The molecule has 1 aromatic rings. The maximum Gasteiger partial charge on any atom is 0.326 e. The molecule has 0 saturated heterocycles. The Balaban J connectivity index is 2.70. The Bertz CT molecular complexity index is 506. The van der Waals surface area contributed by atoms with Crippen LogP contribution in [-0.4, -0.2) is 29.1 Å². The first kappa shape index (κ1) is 17.5. The highest BCUT2D eigenvalue weighted by molar-refractivity contribution is 9.10. The van der Waals surface area contributed by atoms with E-state index in [4.69, 9.17) is 4.74 Å². The lowest BCUT2D eigenvalue weighted by Gasteiger charge is -2.22. The van der Waals surface area contributed by atoms with Crippen molar-refractivity contribution in [2.24, 2.45) is 5.92 Å². The number of hydrogen-bond donors (Lipinski definition) is 2. The fraction of sp³-hybridized carbons (Fsp3) is 0.467. The van der Waals surface area contributed by atoms with Crippen molar-refractivity contribution in [3.8, 4) is 5.75 Å². The number of ether oxygens (including phenoxy) is 1. The highest BCUT2D eigenvalue weighted by Gasteiger charge is 2.28. The Hall–Kier alpha value is -1.56. The van der Waals surface area contributed by atoms with Crippen LogP contribution in [0.15, 0.2) is 28.7 Å². The highest BCUT2D eigenvalue weighted by Crippen LogP contribution is 2.24. The second-order valence-electron chi connectivity index (χ2n) is 4.90. The lowest BCUT2D eigenvalue weighted by Crippen LogP contribution is -2.49. The number of aliphatic carboxylic acids is 1. The van der Waals surface area contributed by atoms with Gasteiger partial charge in [0.2, 0.25) is 0 Å². The number of halogens is 1. The minimum Gasteiger partial charge on any atom is -0.480 e. The van der Waals surface area contributed by atoms with Crippen molar-refractivity contribution in [1.82, 2.24) is 5.32 Å². The summed E-state index contributed by atoms with van der Waals surface area (Å²) < 4.78 is 6.29. The lowest BCUT2D eigenvalue weighted by molar-refractivity contribution is -0.144. The van der Waals surface area contributed by atoms with Crippen molar-refractivity contribution in [2.75, 3.05) is 0 Å². The van der Waals surface area contributed by atoms with Crippen molar-refractivity contribution in [1.29, 1.82) is 0 Å². The lowest BCUT2D eigenvalue weighted by atomic mass is 9.99. The second kappa shape index (κ2) is 8.02. The first-order chi connectivity index (χ1) is 9.86. The summed E-state index contributed by atoms with van der Waals surface area (Å²) in [6, 6.07) is 6.26. The molecule has 21 heavy (non-hydrogen) atoms. The first-order valence-electron chi connectivity index (χ1n) is 6.81. The quantitative estimate of drug-likeness (QED) is 0.786. The molecule has 0 fully saturated rings. The predicted octanol–water partition coefficient (Wildman–Crippen LogP) is 2.83. The minimum atomic E-state index is -1.04. The number of carbonyl (C=O) groups is 2. The van der Waals surface area contributed by atoms with Crippen LogP contribution in [0.5, 0.6) is 5.75 Å². The summed E-state index contributed by atoms with van der Waals surface area (Å²) in [6.45, 7) is 5.26. The van der Waals surface area contributed by atoms with E-state index in [1.54, 1.807) is 32.0 Å². The third kappa shape index (κ3) is 5.04.